The van der Waals surface area contributed by atoms with E-state index >= 15 is 0 Å². The van der Waals surface area contributed by atoms with Gasteiger partial charge in [0.05, 0.1) is 18.9 Å². The van der Waals surface area contributed by atoms with Crippen LogP contribution in [-0.4, -0.2) is 65.6 Å². The molecule has 128 valence electrons. The van der Waals surface area contributed by atoms with E-state index in [4.69, 9.17) is 9.47 Å². The molecule has 2 aliphatic heterocycles. The van der Waals surface area contributed by atoms with Gasteiger partial charge in [0, 0.05) is 51.6 Å². The van der Waals surface area contributed by atoms with Crippen LogP contribution in [-0.2, 0) is 27.9 Å². The van der Waals surface area contributed by atoms with Gasteiger partial charge in [0.2, 0.25) is 5.91 Å². The van der Waals surface area contributed by atoms with Crippen molar-refractivity contribution in [3.63, 3.8) is 0 Å². The molecule has 2 fully saturated rings. The molecule has 7 heteroatoms. The molecule has 0 aliphatic carbocycles. The summed E-state index contributed by atoms with van der Waals surface area (Å²) in [7, 11) is 3.57. The summed E-state index contributed by atoms with van der Waals surface area (Å²) >= 11 is 0. The van der Waals surface area contributed by atoms with Crippen LogP contribution in [0.4, 0.5) is 0 Å². The highest BCUT2D eigenvalue weighted by Crippen LogP contribution is 2.32. The predicted molar refractivity (Wildman–Crippen MR) is 84.8 cm³/mol. The molecule has 7 nitrogen and oxygen atoms in total. The number of rotatable bonds is 6. The Hall–Kier alpha value is -1.44. The van der Waals surface area contributed by atoms with Crippen LogP contribution in [0.25, 0.3) is 0 Å². The average molecular weight is 322 g/mol. The first kappa shape index (κ1) is 16.4. The van der Waals surface area contributed by atoms with Gasteiger partial charge in [-0.2, -0.15) is 5.10 Å². The molecule has 3 rings (SSSR count). The molecular weight excluding hydrogens is 296 g/mol. The van der Waals surface area contributed by atoms with Crippen molar-refractivity contribution in [2.45, 2.75) is 44.1 Å². The summed E-state index contributed by atoms with van der Waals surface area (Å²) in [6.45, 7) is 2.99. The number of methoxy groups -OCH3 is 1. The average Bonchev–Trinajstić information content (AvgIpc) is 3.14. The molecule has 1 N–H and O–H groups in total. The number of carbonyl (C=O) groups excluding carboxylic acids is 1. The van der Waals surface area contributed by atoms with E-state index in [1.54, 1.807) is 7.11 Å². The molecule has 1 aromatic heterocycles. The van der Waals surface area contributed by atoms with Crippen molar-refractivity contribution >= 4 is 5.91 Å². The lowest BCUT2D eigenvalue weighted by atomic mass is 9.98. The normalized spacial score (nSPS) is 27.8. The van der Waals surface area contributed by atoms with Gasteiger partial charge in [-0.15, -0.1) is 0 Å². The van der Waals surface area contributed by atoms with Gasteiger partial charge < -0.3 is 14.8 Å². The molecule has 0 saturated carbocycles. The third-order valence-corrected chi connectivity index (χ3v) is 4.70. The monoisotopic (exact) mass is 322 g/mol. The maximum atomic E-state index is 12.1. The van der Waals surface area contributed by atoms with E-state index < -0.39 is 0 Å². The van der Waals surface area contributed by atoms with Crippen molar-refractivity contribution in [2.75, 3.05) is 26.8 Å². The first-order valence-corrected chi connectivity index (χ1v) is 8.31. The molecule has 0 radical (unpaired) electrons. The van der Waals surface area contributed by atoms with Gasteiger partial charge >= 0.3 is 0 Å². The van der Waals surface area contributed by atoms with Gasteiger partial charge in [-0.05, 0) is 19.3 Å². The quantitative estimate of drug-likeness (QED) is 0.763. The standard InChI is InChI=1S/C16H26N4O3/c1-19-10-12(9-18-19)11-20-7-5-14-13(20)3-4-15(23-14)16(21)17-6-8-22-2/h9-10,13-15H,3-8,11H2,1-2H3,(H,17,21)/t13-,14-,15+/m1/s1. The minimum atomic E-state index is -0.313. The van der Waals surface area contributed by atoms with E-state index in [2.05, 4.69) is 21.5 Å². The third kappa shape index (κ3) is 3.91. The maximum absolute atomic E-state index is 12.1. The zero-order valence-electron chi connectivity index (χ0n) is 13.9. The van der Waals surface area contributed by atoms with E-state index in [0.29, 0.717) is 19.2 Å². The summed E-state index contributed by atoms with van der Waals surface area (Å²) in [5.41, 5.74) is 1.23. The van der Waals surface area contributed by atoms with Crippen LogP contribution in [0.1, 0.15) is 24.8 Å². The minimum absolute atomic E-state index is 0.00814. The first-order valence-electron chi connectivity index (χ1n) is 8.31. The van der Waals surface area contributed by atoms with Gasteiger partial charge in [-0.3, -0.25) is 14.4 Å². The zero-order valence-corrected chi connectivity index (χ0v) is 13.9. The van der Waals surface area contributed by atoms with Crippen LogP contribution < -0.4 is 5.32 Å². The van der Waals surface area contributed by atoms with Crippen LogP contribution >= 0.6 is 0 Å². The minimum Gasteiger partial charge on any atom is -0.383 e. The van der Waals surface area contributed by atoms with Gasteiger partial charge in [0.25, 0.3) is 0 Å². The van der Waals surface area contributed by atoms with Crippen LogP contribution in [0, 0.1) is 0 Å². The second-order valence-electron chi connectivity index (χ2n) is 6.37. The molecule has 0 unspecified atom stereocenters. The first-order chi connectivity index (χ1) is 11.2. The summed E-state index contributed by atoms with van der Waals surface area (Å²) in [4.78, 5) is 14.6. The second kappa shape index (κ2) is 7.42. The largest absolute Gasteiger partial charge is 0.383 e. The number of ether oxygens (including phenoxy) is 2. The van der Waals surface area contributed by atoms with E-state index in [1.807, 2.05) is 17.9 Å². The van der Waals surface area contributed by atoms with Crippen molar-refractivity contribution in [3.05, 3.63) is 18.0 Å². The number of carbonyl (C=O) groups is 1. The van der Waals surface area contributed by atoms with E-state index in [0.717, 1.165) is 32.4 Å². The number of hydrogen-bond acceptors (Lipinski definition) is 5. The lowest BCUT2D eigenvalue weighted by molar-refractivity contribution is -0.144. The summed E-state index contributed by atoms with van der Waals surface area (Å²) in [5, 5.41) is 7.10. The fourth-order valence-corrected chi connectivity index (χ4v) is 3.58. The van der Waals surface area contributed by atoms with Crippen LogP contribution in [0.5, 0.6) is 0 Å². The van der Waals surface area contributed by atoms with Gasteiger partial charge in [-0.1, -0.05) is 0 Å². The number of likely N-dealkylation sites (tertiary alicyclic amines) is 1. The summed E-state index contributed by atoms with van der Waals surface area (Å²) in [6.07, 6.45) is 6.61. The lowest BCUT2D eigenvalue weighted by Crippen LogP contribution is -2.48. The lowest BCUT2D eigenvalue weighted by Gasteiger charge is -2.35. The van der Waals surface area contributed by atoms with Gasteiger partial charge in [0.1, 0.15) is 6.10 Å². The van der Waals surface area contributed by atoms with Crippen molar-refractivity contribution in [1.29, 1.82) is 0 Å². The molecule has 2 saturated heterocycles. The van der Waals surface area contributed by atoms with Gasteiger partial charge in [0.15, 0.2) is 0 Å². The Kier molecular flexibility index (Phi) is 5.30. The molecule has 0 spiro atoms. The zero-order chi connectivity index (χ0) is 16.2. The summed E-state index contributed by atoms with van der Waals surface area (Å²) < 4.78 is 12.8. The third-order valence-electron chi connectivity index (χ3n) is 4.70. The molecule has 0 aromatic carbocycles. The van der Waals surface area contributed by atoms with Crippen LogP contribution in [0.2, 0.25) is 0 Å². The summed E-state index contributed by atoms with van der Waals surface area (Å²) in [5.74, 6) is -0.00814. The number of hydrogen-bond donors (Lipinski definition) is 1. The highest BCUT2D eigenvalue weighted by molar-refractivity contribution is 5.80. The van der Waals surface area contributed by atoms with Crippen molar-refractivity contribution in [3.8, 4) is 0 Å². The Bertz CT molecular complexity index is 533. The molecule has 3 atom stereocenters. The number of aromatic nitrogens is 2. The van der Waals surface area contributed by atoms with E-state index in [9.17, 15) is 4.79 Å². The smallest absolute Gasteiger partial charge is 0.249 e. The molecular formula is C16H26N4O3. The molecule has 3 heterocycles. The highest BCUT2D eigenvalue weighted by atomic mass is 16.5. The topological polar surface area (TPSA) is 68.6 Å². The number of nitrogens with zero attached hydrogens (tertiary/aromatic N) is 3. The van der Waals surface area contributed by atoms with Crippen LogP contribution in [0.15, 0.2) is 12.4 Å². The Morgan fingerprint density at radius 3 is 3.09 bits per heavy atom. The predicted octanol–water partition coefficient (Wildman–Crippen LogP) is 0.305. The van der Waals surface area contributed by atoms with Crippen molar-refractivity contribution in [2.24, 2.45) is 7.05 Å². The Balaban J connectivity index is 1.50. The number of fused-ring (bicyclic) bond motifs is 1. The van der Waals surface area contributed by atoms with E-state index in [-0.39, 0.29) is 18.1 Å². The van der Waals surface area contributed by atoms with Gasteiger partial charge in [-0.25, -0.2) is 0 Å². The fourth-order valence-electron chi connectivity index (χ4n) is 3.58. The Labute approximate surface area is 136 Å². The Morgan fingerprint density at radius 1 is 1.48 bits per heavy atom. The molecule has 23 heavy (non-hydrogen) atoms. The SMILES string of the molecule is COCCNC(=O)[C@@H]1CC[C@@H]2[C@@H](CCN2Cc2cnn(C)c2)O1. The molecule has 1 amide bonds. The maximum Gasteiger partial charge on any atom is 0.249 e. The van der Waals surface area contributed by atoms with Crippen LogP contribution in [0.3, 0.4) is 0 Å². The Morgan fingerprint density at radius 2 is 2.35 bits per heavy atom. The van der Waals surface area contributed by atoms with Crippen molar-refractivity contribution in [1.82, 2.24) is 20.0 Å². The highest BCUT2D eigenvalue weighted by Gasteiger charge is 2.41. The number of nitrogens with one attached hydrogen (secondary N) is 1. The number of aryl methyl sites for hydroxylation is 1. The molecule has 0 bridgehead atoms. The molecule has 2 aliphatic rings. The second-order valence-corrected chi connectivity index (χ2v) is 6.37. The molecule has 1 aromatic rings. The number of amides is 1. The summed E-state index contributed by atoms with van der Waals surface area (Å²) in [6, 6.07) is 0.415. The fraction of sp³-hybridized carbons (Fsp3) is 0.750. The van der Waals surface area contributed by atoms with E-state index in [1.165, 1.54) is 5.56 Å². The van der Waals surface area contributed by atoms with Crippen molar-refractivity contribution < 1.29 is 14.3 Å².